The van der Waals surface area contributed by atoms with Crippen LogP contribution in [0.25, 0.3) is 0 Å². The number of amides is 1. The molecule has 0 bridgehead atoms. The van der Waals surface area contributed by atoms with Crippen molar-refractivity contribution in [2.45, 2.75) is 57.0 Å². The van der Waals surface area contributed by atoms with Crippen molar-refractivity contribution in [1.82, 2.24) is 9.88 Å². The number of carboxylic acid groups (broad SMARTS) is 1. The number of hydrogen-bond acceptors (Lipinski definition) is 4. The van der Waals surface area contributed by atoms with E-state index in [1.807, 2.05) is 12.1 Å². The van der Waals surface area contributed by atoms with Crippen LogP contribution >= 0.6 is 0 Å². The van der Waals surface area contributed by atoms with Crippen molar-refractivity contribution in [3.8, 4) is 0 Å². The van der Waals surface area contributed by atoms with Gasteiger partial charge >= 0.3 is 5.97 Å². The number of aliphatic carboxylic acids is 1. The number of nitrogens with zero attached hydrogens (tertiary/aromatic N) is 3. The Morgan fingerprint density at radius 3 is 2.64 bits per heavy atom. The van der Waals surface area contributed by atoms with E-state index in [4.69, 9.17) is 0 Å². The van der Waals surface area contributed by atoms with Crippen LogP contribution in [-0.2, 0) is 4.79 Å². The van der Waals surface area contributed by atoms with Crippen molar-refractivity contribution in [2.24, 2.45) is 5.92 Å². The van der Waals surface area contributed by atoms with Gasteiger partial charge in [-0.25, -0.2) is 4.79 Å². The molecule has 2 saturated heterocycles. The van der Waals surface area contributed by atoms with Crippen LogP contribution in [0.1, 0.15) is 55.4 Å². The van der Waals surface area contributed by atoms with Gasteiger partial charge < -0.3 is 14.9 Å². The van der Waals surface area contributed by atoms with Gasteiger partial charge in [-0.1, -0.05) is 12.8 Å². The van der Waals surface area contributed by atoms with Gasteiger partial charge in [-0.2, -0.15) is 0 Å². The first-order valence-corrected chi connectivity index (χ1v) is 9.41. The van der Waals surface area contributed by atoms with Gasteiger partial charge in [0.1, 0.15) is 11.7 Å². The van der Waals surface area contributed by atoms with Crippen LogP contribution in [0.4, 0.5) is 5.69 Å². The van der Waals surface area contributed by atoms with E-state index in [0.717, 1.165) is 44.5 Å². The van der Waals surface area contributed by atoms with Gasteiger partial charge in [-0.05, 0) is 50.2 Å². The topological polar surface area (TPSA) is 73.7 Å². The Morgan fingerprint density at radius 1 is 1.12 bits per heavy atom. The van der Waals surface area contributed by atoms with E-state index in [-0.39, 0.29) is 11.9 Å². The van der Waals surface area contributed by atoms with Crippen LogP contribution in [-0.4, -0.2) is 52.0 Å². The van der Waals surface area contributed by atoms with Crippen molar-refractivity contribution in [2.75, 3.05) is 18.0 Å². The number of carbonyl (C=O) groups excluding carboxylic acids is 1. The van der Waals surface area contributed by atoms with Crippen molar-refractivity contribution in [1.29, 1.82) is 0 Å². The highest BCUT2D eigenvalue weighted by Crippen LogP contribution is 2.40. The first-order valence-electron chi connectivity index (χ1n) is 9.41. The third-order valence-corrected chi connectivity index (χ3v) is 6.04. The summed E-state index contributed by atoms with van der Waals surface area (Å²) in [6.45, 7) is 2.01. The molecule has 3 unspecified atom stereocenters. The van der Waals surface area contributed by atoms with E-state index in [2.05, 4.69) is 9.88 Å². The zero-order valence-corrected chi connectivity index (χ0v) is 14.4. The molecule has 6 nitrogen and oxygen atoms in total. The minimum atomic E-state index is -0.890. The molecule has 1 aromatic rings. The summed E-state index contributed by atoms with van der Waals surface area (Å²) < 4.78 is 0. The molecule has 3 atom stereocenters. The van der Waals surface area contributed by atoms with E-state index < -0.39 is 12.0 Å². The molecule has 0 spiro atoms. The van der Waals surface area contributed by atoms with Gasteiger partial charge in [0.15, 0.2) is 0 Å². The minimum absolute atomic E-state index is 0.0552. The number of anilines is 1. The maximum atomic E-state index is 13.2. The third-order valence-electron chi connectivity index (χ3n) is 6.04. The van der Waals surface area contributed by atoms with E-state index in [1.54, 1.807) is 11.1 Å². The monoisotopic (exact) mass is 343 g/mol. The van der Waals surface area contributed by atoms with E-state index in [0.29, 0.717) is 18.0 Å². The molecule has 4 rings (SSSR count). The van der Waals surface area contributed by atoms with Gasteiger partial charge in [-0.3, -0.25) is 9.78 Å². The molecule has 1 saturated carbocycles. The van der Waals surface area contributed by atoms with Crippen molar-refractivity contribution < 1.29 is 14.7 Å². The molecule has 134 valence electrons. The fourth-order valence-corrected chi connectivity index (χ4v) is 4.81. The lowest BCUT2D eigenvalue weighted by Gasteiger charge is -2.33. The number of rotatable bonds is 3. The Labute approximate surface area is 147 Å². The van der Waals surface area contributed by atoms with E-state index in [9.17, 15) is 14.7 Å². The zero-order valence-electron chi connectivity index (χ0n) is 14.4. The van der Waals surface area contributed by atoms with Crippen LogP contribution in [0, 0.1) is 5.92 Å². The SMILES string of the molecule is O=C(O)C1CC2CCCCC2N1C(=O)c1cc(N2CCCC2)ccn1. The highest BCUT2D eigenvalue weighted by Gasteiger charge is 2.48. The molecule has 0 aromatic carbocycles. The van der Waals surface area contributed by atoms with Crippen molar-refractivity contribution in [3.63, 3.8) is 0 Å². The smallest absolute Gasteiger partial charge is 0.326 e. The second kappa shape index (κ2) is 6.65. The second-order valence-corrected chi connectivity index (χ2v) is 7.51. The molecule has 3 aliphatic rings. The van der Waals surface area contributed by atoms with Gasteiger partial charge in [0, 0.05) is 31.0 Å². The predicted octanol–water partition coefficient (Wildman–Crippen LogP) is 2.54. The molecule has 6 heteroatoms. The zero-order chi connectivity index (χ0) is 17.4. The van der Waals surface area contributed by atoms with Crippen LogP contribution in [0.5, 0.6) is 0 Å². The largest absolute Gasteiger partial charge is 0.480 e. The van der Waals surface area contributed by atoms with Gasteiger partial charge in [0.2, 0.25) is 0 Å². The van der Waals surface area contributed by atoms with Crippen LogP contribution < -0.4 is 4.90 Å². The Kier molecular flexibility index (Phi) is 4.36. The fourth-order valence-electron chi connectivity index (χ4n) is 4.81. The molecular weight excluding hydrogens is 318 g/mol. The lowest BCUT2D eigenvalue weighted by atomic mass is 9.84. The van der Waals surface area contributed by atoms with Crippen molar-refractivity contribution >= 4 is 17.6 Å². The minimum Gasteiger partial charge on any atom is -0.480 e. The Hall–Kier alpha value is -2.11. The van der Waals surface area contributed by atoms with Crippen molar-refractivity contribution in [3.05, 3.63) is 24.0 Å². The molecule has 1 amide bonds. The molecule has 0 radical (unpaired) electrons. The predicted molar refractivity (Wildman–Crippen MR) is 93.6 cm³/mol. The lowest BCUT2D eigenvalue weighted by Crippen LogP contribution is -2.46. The number of hydrogen-bond donors (Lipinski definition) is 1. The number of pyridine rings is 1. The maximum Gasteiger partial charge on any atom is 0.326 e. The van der Waals surface area contributed by atoms with Gasteiger partial charge in [-0.15, -0.1) is 0 Å². The number of carbonyl (C=O) groups is 2. The second-order valence-electron chi connectivity index (χ2n) is 7.51. The number of aromatic nitrogens is 1. The fraction of sp³-hybridized carbons (Fsp3) is 0.632. The molecule has 2 aliphatic heterocycles. The highest BCUT2D eigenvalue weighted by atomic mass is 16.4. The molecular formula is C19H25N3O3. The average molecular weight is 343 g/mol. The quantitative estimate of drug-likeness (QED) is 0.913. The summed E-state index contributed by atoms with van der Waals surface area (Å²) in [5, 5.41) is 9.63. The summed E-state index contributed by atoms with van der Waals surface area (Å²) in [5.74, 6) is -0.790. The molecule has 25 heavy (non-hydrogen) atoms. The Morgan fingerprint density at radius 2 is 1.88 bits per heavy atom. The van der Waals surface area contributed by atoms with Crippen LogP contribution in [0.2, 0.25) is 0 Å². The summed E-state index contributed by atoms with van der Waals surface area (Å²) >= 11 is 0. The first-order chi connectivity index (χ1) is 12.1. The third kappa shape index (κ3) is 2.98. The maximum absolute atomic E-state index is 13.2. The summed E-state index contributed by atoms with van der Waals surface area (Å²) in [4.78, 5) is 33.1. The van der Waals surface area contributed by atoms with Crippen LogP contribution in [0.15, 0.2) is 18.3 Å². The molecule has 1 aliphatic carbocycles. The van der Waals surface area contributed by atoms with Gasteiger partial charge in [0.25, 0.3) is 5.91 Å². The summed E-state index contributed by atoms with van der Waals surface area (Å²) in [7, 11) is 0. The number of carboxylic acids is 1. The molecule has 3 heterocycles. The lowest BCUT2D eigenvalue weighted by molar-refractivity contribution is -0.141. The van der Waals surface area contributed by atoms with E-state index >= 15 is 0 Å². The Balaban J connectivity index is 1.62. The molecule has 1 aromatic heterocycles. The van der Waals surface area contributed by atoms with E-state index in [1.165, 1.54) is 12.8 Å². The summed E-state index contributed by atoms with van der Waals surface area (Å²) in [6.07, 6.45) is 8.73. The van der Waals surface area contributed by atoms with Crippen LogP contribution in [0.3, 0.4) is 0 Å². The Bertz CT molecular complexity index is 672. The average Bonchev–Trinajstić information content (AvgIpc) is 3.29. The standard InChI is InChI=1S/C19H25N3O3/c23-18(15-12-14(7-8-20-15)21-9-3-4-10-21)22-16-6-2-1-5-13(16)11-17(22)19(24)25/h7-8,12-13,16-17H,1-6,9-11H2,(H,24,25). The summed E-state index contributed by atoms with van der Waals surface area (Å²) in [6, 6.07) is 3.12. The molecule has 3 fully saturated rings. The molecule has 1 N–H and O–H groups in total. The summed E-state index contributed by atoms with van der Waals surface area (Å²) in [5.41, 5.74) is 1.39. The number of fused-ring (bicyclic) bond motifs is 1. The normalized spacial score (nSPS) is 28.9. The van der Waals surface area contributed by atoms with Gasteiger partial charge in [0.05, 0.1) is 0 Å². The first kappa shape index (κ1) is 16.4. The number of likely N-dealkylation sites (tertiary alicyclic amines) is 1. The highest BCUT2D eigenvalue weighted by molar-refractivity contribution is 5.96.